The molecule has 1 aliphatic rings. The monoisotopic (exact) mass is 175 g/mol. The molecular formula is C6H10BrN. The molecule has 2 heteroatoms. The first-order valence-corrected chi connectivity index (χ1v) is 3.52. The van der Waals surface area contributed by atoms with Gasteiger partial charge in [0, 0.05) is 22.6 Å². The number of nitrogens with one attached hydrogen (secondary N) is 1. The maximum absolute atomic E-state index is 3.46. The third-order valence-electron chi connectivity index (χ3n) is 1.42. The van der Waals surface area contributed by atoms with E-state index in [0.717, 1.165) is 6.54 Å². The summed E-state index contributed by atoms with van der Waals surface area (Å²) >= 11 is 3.46. The fourth-order valence-corrected chi connectivity index (χ4v) is 0.978. The fourth-order valence-electron chi connectivity index (χ4n) is 0.676. The Morgan fingerprint density at radius 3 is 2.50 bits per heavy atom. The molecule has 1 nitrogen and oxygen atoms in total. The van der Waals surface area contributed by atoms with E-state index in [1.165, 1.54) is 4.48 Å². The van der Waals surface area contributed by atoms with Crippen molar-refractivity contribution in [1.29, 1.82) is 0 Å². The molecule has 0 aromatic carbocycles. The van der Waals surface area contributed by atoms with Crippen molar-refractivity contribution in [2.75, 3.05) is 6.54 Å². The summed E-state index contributed by atoms with van der Waals surface area (Å²) < 4.78 is 1.27. The van der Waals surface area contributed by atoms with E-state index in [0.29, 0.717) is 5.41 Å². The zero-order valence-electron chi connectivity index (χ0n) is 5.16. The van der Waals surface area contributed by atoms with Gasteiger partial charge in [-0.05, 0) is 0 Å². The largest absolute Gasteiger partial charge is 0.389 e. The van der Waals surface area contributed by atoms with Crippen LogP contribution in [-0.2, 0) is 0 Å². The zero-order chi connectivity index (χ0) is 6.20. The van der Waals surface area contributed by atoms with Gasteiger partial charge in [-0.25, -0.2) is 0 Å². The first-order valence-electron chi connectivity index (χ1n) is 2.72. The molecule has 0 aromatic heterocycles. The van der Waals surface area contributed by atoms with Crippen LogP contribution in [0, 0.1) is 5.41 Å². The van der Waals surface area contributed by atoms with Gasteiger partial charge in [-0.2, -0.15) is 0 Å². The summed E-state index contributed by atoms with van der Waals surface area (Å²) in [5, 5.41) is 3.15. The Morgan fingerprint density at radius 1 is 1.75 bits per heavy atom. The van der Waals surface area contributed by atoms with Crippen LogP contribution in [0.1, 0.15) is 13.8 Å². The van der Waals surface area contributed by atoms with Gasteiger partial charge in [0.25, 0.3) is 0 Å². The molecule has 0 radical (unpaired) electrons. The second-order valence-corrected chi connectivity index (χ2v) is 3.61. The zero-order valence-corrected chi connectivity index (χ0v) is 6.75. The third kappa shape index (κ3) is 0.895. The van der Waals surface area contributed by atoms with E-state index in [4.69, 9.17) is 0 Å². The average molecular weight is 176 g/mol. The minimum atomic E-state index is 0.319. The molecule has 1 rings (SSSR count). The van der Waals surface area contributed by atoms with Gasteiger partial charge in [-0.1, -0.05) is 29.8 Å². The van der Waals surface area contributed by atoms with Crippen molar-refractivity contribution < 1.29 is 0 Å². The number of hydrogen-bond acceptors (Lipinski definition) is 1. The van der Waals surface area contributed by atoms with Crippen LogP contribution in [0.15, 0.2) is 10.7 Å². The molecule has 0 bridgehead atoms. The molecule has 46 valence electrons. The summed E-state index contributed by atoms with van der Waals surface area (Å²) in [7, 11) is 0. The molecule has 1 aliphatic heterocycles. The quantitative estimate of drug-likeness (QED) is 0.593. The topological polar surface area (TPSA) is 12.0 Å². The molecule has 0 aromatic rings. The number of hydrogen-bond donors (Lipinski definition) is 1. The van der Waals surface area contributed by atoms with Crippen LogP contribution in [0.4, 0.5) is 0 Å². The van der Waals surface area contributed by atoms with Crippen LogP contribution in [0.5, 0.6) is 0 Å². The molecule has 1 heterocycles. The molecule has 0 amide bonds. The van der Waals surface area contributed by atoms with E-state index in [1.807, 2.05) is 6.20 Å². The van der Waals surface area contributed by atoms with Crippen molar-refractivity contribution >= 4 is 15.9 Å². The highest BCUT2D eigenvalue weighted by Gasteiger charge is 2.24. The van der Waals surface area contributed by atoms with Crippen molar-refractivity contribution in [3.8, 4) is 0 Å². The molecule has 0 aliphatic carbocycles. The highest BCUT2D eigenvalue weighted by Crippen LogP contribution is 2.32. The third-order valence-corrected chi connectivity index (χ3v) is 2.72. The van der Waals surface area contributed by atoms with E-state index in [-0.39, 0.29) is 0 Å². The summed E-state index contributed by atoms with van der Waals surface area (Å²) in [5.41, 5.74) is 0.319. The van der Waals surface area contributed by atoms with Gasteiger partial charge >= 0.3 is 0 Å². The smallest absolute Gasteiger partial charge is 0.0239 e. The van der Waals surface area contributed by atoms with Crippen molar-refractivity contribution in [2.24, 2.45) is 5.41 Å². The van der Waals surface area contributed by atoms with Crippen molar-refractivity contribution in [1.82, 2.24) is 5.32 Å². The maximum atomic E-state index is 3.46. The average Bonchev–Trinajstić information content (AvgIpc) is 1.86. The highest BCUT2D eigenvalue weighted by molar-refractivity contribution is 9.11. The second-order valence-electron chi connectivity index (χ2n) is 2.76. The SMILES string of the molecule is CC1(C)CNC=C1Br. The minimum absolute atomic E-state index is 0.319. The molecule has 0 fully saturated rings. The molecule has 8 heavy (non-hydrogen) atoms. The lowest BCUT2D eigenvalue weighted by atomic mass is 9.96. The van der Waals surface area contributed by atoms with Gasteiger partial charge < -0.3 is 5.32 Å². The standard InChI is InChI=1S/C6H10BrN/c1-6(2)4-8-3-5(6)7/h3,8H,4H2,1-2H3. The predicted molar refractivity (Wildman–Crippen MR) is 38.8 cm³/mol. The van der Waals surface area contributed by atoms with Gasteiger partial charge in [0.1, 0.15) is 0 Å². The summed E-state index contributed by atoms with van der Waals surface area (Å²) in [6.45, 7) is 5.45. The first-order chi connectivity index (χ1) is 3.63. The van der Waals surface area contributed by atoms with Gasteiger partial charge in [-0.15, -0.1) is 0 Å². The molecule has 0 atom stereocenters. The van der Waals surface area contributed by atoms with E-state index in [1.54, 1.807) is 0 Å². The van der Waals surface area contributed by atoms with Gasteiger partial charge in [-0.3, -0.25) is 0 Å². The summed E-state index contributed by atoms with van der Waals surface area (Å²) in [5.74, 6) is 0. The summed E-state index contributed by atoms with van der Waals surface area (Å²) in [4.78, 5) is 0. The molecular weight excluding hydrogens is 166 g/mol. The summed E-state index contributed by atoms with van der Waals surface area (Å²) in [6.07, 6.45) is 2.01. The normalized spacial score (nSPS) is 24.6. The lowest BCUT2D eigenvalue weighted by Crippen LogP contribution is -2.17. The molecule has 0 spiro atoms. The van der Waals surface area contributed by atoms with Crippen LogP contribution >= 0.6 is 15.9 Å². The van der Waals surface area contributed by atoms with Gasteiger partial charge in [0.05, 0.1) is 0 Å². The van der Waals surface area contributed by atoms with E-state index >= 15 is 0 Å². The Morgan fingerprint density at radius 2 is 2.38 bits per heavy atom. The molecule has 0 saturated carbocycles. The van der Waals surface area contributed by atoms with E-state index in [9.17, 15) is 0 Å². The van der Waals surface area contributed by atoms with Gasteiger partial charge in [0.15, 0.2) is 0 Å². The Kier molecular flexibility index (Phi) is 1.35. The predicted octanol–water partition coefficient (Wildman–Crippen LogP) is 1.85. The number of halogens is 1. The van der Waals surface area contributed by atoms with E-state index < -0.39 is 0 Å². The molecule has 0 unspecified atom stereocenters. The van der Waals surface area contributed by atoms with Crippen molar-refractivity contribution in [3.63, 3.8) is 0 Å². The van der Waals surface area contributed by atoms with Crippen LogP contribution in [0.25, 0.3) is 0 Å². The Balaban J connectivity index is 2.73. The minimum Gasteiger partial charge on any atom is -0.389 e. The lowest BCUT2D eigenvalue weighted by molar-refractivity contribution is 0.491. The fraction of sp³-hybridized carbons (Fsp3) is 0.667. The molecule has 0 saturated heterocycles. The second kappa shape index (κ2) is 1.76. The summed E-state index contributed by atoms with van der Waals surface area (Å²) in [6, 6.07) is 0. The first kappa shape index (κ1) is 6.14. The van der Waals surface area contributed by atoms with Gasteiger partial charge in [0.2, 0.25) is 0 Å². The Labute approximate surface area is 58.3 Å². The van der Waals surface area contributed by atoms with Crippen LogP contribution in [-0.4, -0.2) is 6.54 Å². The van der Waals surface area contributed by atoms with Crippen LogP contribution < -0.4 is 5.32 Å². The Bertz CT molecular complexity index is 126. The van der Waals surface area contributed by atoms with E-state index in [2.05, 4.69) is 35.1 Å². The number of rotatable bonds is 0. The van der Waals surface area contributed by atoms with Crippen LogP contribution in [0.2, 0.25) is 0 Å². The lowest BCUT2D eigenvalue weighted by Gasteiger charge is -2.15. The van der Waals surface area contributed by atoms with Crippen molar-refractivity contribution in [2.45, 2.75) is 13.8 Å². The molecule has 1 N–H and O–H groups in total. The van der Waals surface area contributed by atoms with Crippen molar-refractivity contribution in [3.05, 3.63) is 10.7 Å². The highest BCUT2D eigenvalue weighted by atomic mass is 79.9. The maximum Gasteiger partial charge on any atom is 0.0239 e. The van der Waals surface area contributed by atoms with Crippen LogP contribution in [0.3, 0.4) is 0 Å². The Hall–Kier alpha value is 0.0200.